The highest BCUT2D eigenvalue weighted by Crippen LogP contribution is 2.31. The normalized spacial score (nSPS) is 21.3. The van der Waals surface area contributed by atoms with Gasteiger partial charge >= 0.3 is 0 Å². The number of hydrogen-bond donors (Lipinski definition) is 1. The lowest BCUT2D eigenvalue weighted by atomic mass is 9.98. The summed E-state index contributed by atoms with van der Waals surface area (Å²) in [4.78, 5) is 9.31. The monoisotopic (exact) mass is 247 g/mol. The summed E-state index contributed by atoms with van der Waals surface area (Å²) in [5.41, 5.74) is 8.19. The van der Waals surface area contributed by atoms with Crippen molar-refractivity contribution >= 4 is 5.82 Å². The van der Waals surface area contributed by atoms with Crippen molar-refractivity contribution in [1.82, 2.24) is 9.97 Å². The summed E-state index contributed by atoms with van der Waals surface area (Å²) < 4.78 is 5.42. The molecule has 0 spiro atoms. The second-order valence-corrected chi connectivity index (χ2v) is 5.38. The van der Waals surface area contributed by atoms with Gasteiger partial charge < -0.3 is 10.5 Å². The molecule has 2 aliphatic rings. The first-order valence-electron chi connectivity index (χ1n) is 7.07. The third-order valence-electron chi connectivity index (χ3n) is 4.09. The van der Waals surface area contributed by atoms with E-state index in [-0.39, 0.29) is 0 Å². The van der Waals surface area contributed by atoms with Gasteiger partial charge in [0.15, 0.2) is 0 Å². The molecule has 0 aromatic carbocycles. The lowest BCUT2D eigenvalue weighted by Crippen LogP contribution is -2.18. The Hall–Kier alpha value is -1.16. The number of aromatic nitrogens is 2. The fourth-order valence-corrected chi connectivity index (χ4v) is 3.00. The second-order valence-electron chi connectivity index (χ2n) is 5.38. The third-order valence-corrected chi connectivity index (χ3v) is 4.09. The van der Waals surface area contributed by atoms with Crippen LogP contribution in [0.3, 0.4) is 0 Å². The summed E-state index contributed by atoms with van der Waals surface area (Å²) in [5, 5.41) is 0. The Morgan fingerprint density at radius 1 is 1.06 bits per heavy atom. The minimum atomic E-state index is 0.517. The molecule has 98 valence electrons. The number of nitrogens with zero attached hydrogens (tertiary/aromatic N) is 2. The highest BCUT2D eigenvalue weighted by Gasteiger charge is 2.22. The largest absolute Gasteiger partial charge is 0.383 e. The topological polar surface area (TPSA) is 61.0 Å². The third kappa shape index (κ3) is 2.34. The molecule has 1 fully saturated rings. The molecule has 0 bridgehead atoms. The van der Waals surface area contributed by atoms with E-state index >= 15 is 0 Å². The van der Waals surface area contributed by atoms with Crippen molar-refractivity contribution in [3.05, 3.63) is 17.1 Å². The summed E-state index contributed by atoms with van der Waals surface area (Å²) in [6.07, 6.45) is 8.61. The molecule has 1 aliphatic heterocycles. The molecule has 18 heavy (non-hydrogen) atoms. The molecule has 1 aromatic heterocycles. The summed E-state index contributed by atoms with van der Waals surface area (Å²) in [6.45, 7) is 1.33. The van der Waals surface area contributed by atoms with Crippen molar-refractivity contribution < 1.29 is 4.74 Å². The van der Waals surface area contributed by atoms with Crippen LogP contribution < -0.4 is 5.73 Å². The molecular formula is C14H21N3O. The number of ether oxygens (including phenoxy) is 1. The van der Waals surface area contributed by atoms with Crippen molar-refractivity contribution in [2.24, 2.45) is 0 Å². The molecule has 0 radical (unpaired) electrons. The fourth-order valence-electron chi connectivity index (χ4n) is 3.00. The molecule has 1 aliphatic carbocycles. The number of anilines is 1. The molecule has 4 nitrogen and oxygen atoms in total. The fraction of sp³-hybridized carbons (Fsp3) is 0.714. The first kappa shape index (κ1) is 11.9. The van der Waals surface area contributed by atoms with Gasteiger partial charge in [0.1, 0.15) is 11.6 Å². The first-order valence-corrected chi connectivity index (χ1v) is 7.07. The molecule has 0 saturated heterocycles. The summed E-state index contributed by atoms with van der Waals surface area (Å²) in [6, 6.07) is 0. The minimum absolute atomic E-state index is 0.517. The average Bonchev–Trinajstić information content (AvgIpc) is 2.67. The average molecular weight is 247 g/mol. The molecule has 0 atom stereocenters. The molecule has 2 heterocycles. The van der Waals surface area contributed by atoms with Crippen LogP contribution in [0.4, 0.5) is 5.82 Å². The molecule has 4 heteroatoms. The van der Waals surface area contributed by atoms with Crippen LogP contribution in [0.5, 0.6) is 0 Å². The van der Waals surface area contributed by atoms with Crippen LogP contribution in [-0.4, -0.2) is 16.6 Å². The smallest absolute Gasteiger partial charge is 0.134 e. The van der Waals surface area contributed by atoms with Gasteiger partial charge in [-0.2, -0.15) is 0 Å². The Balaban J connectivity index is 1.89. The quantitative estimate of drug-likeness (QED) is 0.775. The Morgan fingerprint density at radius 2 is 1.83 bits per heavy atom. The van der Waals surface area contributed by atoms with Gasteiger partial charge in [0.25, 0.3) is 0 Å². The van der Waals surface area contributed by atoms with E-state index in [1.54, 1.807) is 0 Å². The lowest BCUT2D eigenvalue weighted by Gasteiger charge is -2.20. The Morgan fingerprint density at radius 3 is 2.61 bits per heavy atom. The van der Waals surface area contributed by atoms with E-state index in [9.17, 15) is 0 Å². The zero-order valence-electron chi connectivity index (χ0n) is 10.8. The van der Waals surface area contributed by atoms with Crippen LogP contribution in [0.1, 0.15) is 61.5 Å². The summed E-state index contributed by atoms with van der Waals surface area (Å²) in [7, 11) is 0. The molecule has 3 rings (SSSR count). The van der Waals surface area contributed by atoms with Gasteiger partial charge in [-0.15, -0.1) is 0 Å². The van der Waals surface area contributed by atoms with E-state index in [0.717, 1.165) is 30.1 Å². The number of nitrogens with two attached hydrogens (primary N) is 1. The lowest BCUT2D eigenvalue weighted by molar-refractivity contribution is 0.109. The van der Waals surface area contributed by atoms with Crippen molar-refractivity contribution in [1.29, 1.82) is 0 Å². The number of fused-ring (bicyclic) bond motifs is 1. The van der Waals surface area contributed by atoms with Crippen molar-refractivity contribution in [2.45, 2.75) is 57.5 Å². The van der Waals surface area contributed by atoms with E-state index in [4.69, 9.17) is 15.5 Å². The van der Waals surface area contributed by atoms with Gasteiger partial charge in [-0.1, -0.05) is 25.7 Å². The Bertz CT molecular complexity index is 425. The molecule has 0 unspecified atom stereocenters. The molecule has 0 amide bonds. The Labute approximate surface area is 108 Å². The minimum Gasteiger partial charge on any atom is -0.383 e. The molecule has 1 aromatic rings. The molecule has 2 N–H and O–H groups in total. The highest BCUT2D eigenvalue weighted by molar-refractivity contribution is 5.43. The van der Waals surface area contributed by atoms with Crippen LogP contribution in [0.25, 0.3) is 0 Å². The van der Waals surface area contributed by atoms with Gasteiger partial charge in [-0.05, 0) is 12.8 Å². The maximum absolute atomic E-state index is 6.06. The van der Waals surface area contributed by atoms with Gasteiger partial charge in [0.05, 0.1) is 18.9 Å². The van der Waals surface area contributed by atoms with Crippen LogP contribution >= 0.6 is 0 Å². The first-order chi connectivity index (χ1) is 8.84. The second kappa shape index (κ2) is 5.22. The number of rotatable bonds is 1. The van der Waals surface area contributed by atoms with Gasteiger partial charge in [0, 0.05) is 17.9 Å². The van der Waals surface area contributed by atoms with E-state index in [1.165, 1.54) is 38.5 Å². The van der Waals surface area contributed by atoms with E-state index in [2.05, 4.69) is 4.98 Å². The van der Waals surface area contributed by atoms with Crippen molar-refractivity contribution in [3.63, 3.8) is 0 Å². The van der Waals surface area contributed by atoms with Gasteiger partial charge in [-0.3, -0.25) is 0 Å². The van der Waals surface area contributed by atoms with E-state index in [0.29, 0.717) is 18.3 Å². The van der Waals surface area contributed by atoms with Crippen LogP contribution in [-0.2, 0) is 17.8 Å². The number of hydrogen-bond acceptors (Lipinski definition) is 4. The maximum Gasteiger partial charge on any atom is 0.134 e. The summed E-state index contributed by atoms with van der Waals surface area (Å²) >= 11 is 0. The number of nitrogen functional groups attached to an aromatic ring is 1. The Kier molecular flexibility index (Phi) is 3.46. The summed E-state index contributed by atoms with van der Waals surface area (Å²) in [5.74, 6) is 2.14. The predicted molar refractivity (Wildman–Crippen MR) is 70.2 cm³/mol. The SMILES string of the molecule is Nc1nc(C2CCCCCC2)nc2c1COCC2. The standard InChI is InChI=1S/C14H21N3O/c15-13-11-9-18-8-7-12(11)16-14(17-13)10-5-3-1-2-4-6-10/h10H,1-9H2,(H2,15,16,17). The van der Waals surface area contributed by atoms with Gasteiger partial charge in [-0.25, -0.2) is 9.97 Å². The van der Waals surface area contributed by atoms with Crippen LogP contribution in [0, 0.1) is 0 Å². The van der Waals surface area contributed by atoms with Gasteiger partial charge in [0.2, 0.25) is 0 Å². The van der Waals surface area contributed by atoms with Crippen molar-refractivity contribution in [3.8, 4) is 0 Å². The predicted octanol–water partition coefficient (Wildman–Crippen LogP) is 2.57. The van der Waals surface area contributed by atoms with E-state index in [1.807, 2.05) is 0 Å². The molecular weight excluding hydrogens is 226 g/mol. The highest BCUT2D eigenvalue weighted by atomic mass is 16.5. The van der Waals surface area contributed by atoms with Crippen molar-refractivity contribution in [2.75, 3.05) is 12.3 Å². The maximum atomic E-state index is 6.06. The van der Waals surface area contributed by atoms with Crippen LogP contribution in [0.2, 0.25) is 0 Å². The van der Waals surface area contributed by atoms with E-state index < -0.39 is 0 Å². The zero-order valence-corrected chi connectivity index (χ0v) is 10.8. The zero-order chi connectivity index (χ0) is 12.4. The van der Waals surface area contributed by atoms with Crippen LogP contribution in [0.15, 0.2) is 0 Å². The molecule has 1 saturated carbocycles.